The molecular weight excluding hydrogens is 420 g/mol. The summed E-state index contributed by atoms with van der Waals surface area (Å²) in [6.45, 7) is 4.88. The summed E-state index contributed by atoms with van der Waals surface area (Å²) in [5.41, 5.74) is 4.57. The molecule has 2 aromatic rings. The van der Waals surface area contributed by atoms with E-state index in [-0.39, 0.29) is 36.7 Å². The maximum Gasteiger partial charge on any atom is 0.407 e. The van der Waals surface area contributed by atoms with Crippen molar-refractivity contribution in [1.29, 1.82) is 0 Å². The van der Waals surface area contributed by atoms with Crippen LogP contribution in [0.25, 0.3) is 11.1 Å². The van der Waals surface area contributed by atoms with E-state index in [9.17, 15) is 14.4 Å². The van der Waals surface area contributed by atoms with Crippen molar-refractivity contribution in [1.82, 2.24) is 10.2 Å². The fourth-order valence-corrected chi connectivity index (χ4v) is 5.05. The number of hydrogen-bond acceptors (Lipinski definition) is 4. The maximum atomic E-state index is 13.0. The minimum atomic E-state index is -0.857. The van der Waals surface area contributed by atoms with Crippen molar-refractivity contribution in [3.05, 3.63) is 59.7 Å². The molecule has 2 aromatic carbocycles. The molecule has 0 saturated carbocycles. The number of nitrogens with one attached hydrogen (secondary N) is 1. The largest absolute Gasteiger partial charge is 0.481 e. The van der Waals surface area contributed by atoms with Gasteiger partial charge in [-0.05, 0) is 40.5 Å². The van der Waals surface area contributed by atoms with Crippen molar-refractivity contribution >= 4 is 18.0 Å². The average Bonchev–Trinajstić information content (AvgIpc) is 3.33. The summed E-state index contributed by atoms with van der Waals surface area (Å²) in [5, 5.41) is 11.8. The number of carboxylic acids is 1. The normalized spacial score (nSPS) is 20.1. The van der Waals surface area contributed by atoms with Gasteiger partial charge in [0.2, 0.25) is 5.91 Å². The maximum absolute atomic E-state index is 13.0. The Labute approximate surface area is 193 Å². The number of amides is 2. The molecule has 33 heavy (non-hydrogen) atoms. The number of fused-ring (bicyclic) bond motifs is 3. The van der Waals surface area contributed by atoms with E-state index >= 15 is 0 Å². The molecule has 2 N–H and O–H groups in total. The number of likely N-dealkylation sites (tertiary alicyclic amines) is 1. The van der Waals surface area contributed by atoms with E-state index in [1.54, 1.807) is 4.90 Å². The number of alkyl carbamates (subject to hydrolysis) is 1. The summed E-state index contributed by atoms with van der Waals surface area (Å²) >= 11 is 0. The first kappa shape index (κ1) is 22.8. The molecule has 2 amide bonds. The molecule has 7 heteroatoms. The Morgan fingerprint density at radius 1 is 1.06 bits per heavy atom. The molecule has 0 bridgehead atoms. The summed E-state index contributed by atoms with van der Waals surface area (Å²) in [7, 11) is 0. The van der Waals surface area contributed by atoms with Crippen LogP contribution in [-0.2, 0) is 14.3 Å². The lowest BCUT2D eigenvalue weighted by Gasteiger charge is -2.24. The molecule has 174 valence electrons. The number of aliphatic carboxylic acids is 1. The van der Waals surface area contributed by atoms with E-state index in [0.717, 1.165) is 22.3 Å². The van der Waals surface area contributed by atoms with Crippen molar-refractivity contribution in [3.8, 4) is 11.1 Å². The number of carbonyl (C=O) groups excluding carboxylic acids is 2. The van der Waals surface area contributed by atoms with Crippen LogP contribution in [0.4, 0.5) is 4.79 Å². The van der Waals surface area contributed by atoms with E-state index in [4.69, 9.17) is 9.84 Å². The third-order valence-corrected chi connectivity index (χ3v) is 6.86. The molecule has 1 heterocycles. The lowest BCUT2D eigenvalue weighted by molar-refractivity contribution is -0.138. The highest BCUT2D eigenvalue weighted by atomic mass is 16.5. The van der Waals surface area contributed by atoms with Crippen molar-refractivity contribution in [3.63, 3.8) is 0 Å². The molecule has 7 nitrogen and oxygen atoms in total. The fourth-order valence-electron chi connectivity index (χ4n) is 5.05. The van der Waals surface area contributed by atoms with Crippen LogP contribution < -0.4 is 5.32 Å². The van der Waals surface area contributed by atoms with Crippen LogP contribution in [0, 0.1) is 11.8 Å². The molecule has 3 atom stereocenters. The lowest BCUT2D eigenvalue weighted by Crippen LogP contribution is -2.48. The Morgan fingerprint density at radius 3 is 2.24 bits per heavy atom. The van der Waals surface area contributed by atoms with Gasteiger partial charge in [-0.1, -0.05) is 62.4 Å². The molecular formula is C26H30N2O5. The first-order valence-corrected chi connectivity index (χ1v) is 11.5. The summed E-state index contributed by atoms with van der Waals surface area (Å²) in [4.78, 5) is 38.3. The first-order valence-electron chi connectivity index (χ1n) is 11.5. The second-order valence-corrected chi connectivity index (χ2v) is 9.01. The van der Waals surface area contributed by atoms with Gasteiger partial charge in [0.15, 0.2) is 0 Å². The minimum Gasteiger partial charge on any atom is -0.481 e. The lowest BCUT2D eigenvalue weighted by atomic mass is 9.95. The zero-order valence-electron chi connectivity index (χ0n) is 19.0. The number of benzene rings is 2. The summed E-state index contributed by atoms with van der Waals surface area (Å²) in [5.74, 6) is -1.05. The molecule has 4 rings (SSSR count). The van der Waals surface area contributed by atoms with Gasteiger partial charge >= 0.3 is 12.1 Å². The number of hydrogen-bond donors (Lipinski definition) is 2. The van der Waals surface area contributed by atoms with Gasteiger partial charge < -0.3 is 20.1 Å². The second-order valence-electron chi connectivity index (χ2n) is 9.01. The van der Waals surface area contributed by atoms with Gasteiger partial charge in [0.25, 0.3) is 0 Å². The Kier molecular flexibility index (Phi) is 6.67. The fraction of sp³-hybridized carbons (Fsp3) is 0.423. The number of nitrogens with zero attached hydrogens (tertiary/aromatic N) is 1. The molecule has 0 spiro atoms. The molecule has 1 aliphatic heterocycles. The SMILES string of the molecule is CCC(NC(=O)OCC1c2ccccc2-c2ccccc21)C(=O)N1CC(C)C(CC(=O)O)C1. The molecule has 1 saturated heterocycles. The van der Waals surface area contributed by atoms with Crippen LogP contribution in [0.15, 0.2) is 48.5 Å². The quantitative estimate of drug-likeness (QED) is 0.668. The predicted octanol–water partition coefficient (Wildman–Crippen LogP) is 3.87. The Bertz CT molecular complexity index is 1010. The zero-order valence-corrected chi connectivity index (χ0v) is 19.0. The van der Waals surface area contributed by atoms with Crippen LogP contribution in [0.3, 0.4) is 0 Å². The summed E-state index contributed by atoms with van der Waals surface area (Å²) in [6, 6.07) is 15.5. The van der Waals surface area contributed by atoms with E-state index in [1.165, 1.54) is 0 Å². The standard InChI is InChI=1S/C26H30N2O5/c1-3-23(25(31)28-13-16(2)17(14-28)12-24(29)30)27-26(32)33-15-22-20-10-6-4-8-18(20)19-9-5-7-11-21(19)22/h4-11,16-17,22-23H,3,12-15H2,1-2H3,(H,27,32)(H,29,30). The van der Waals surface area contributed by atoms with Gasteiger partial charge in [0, 0.05) is 19.0 Å². The van der Waals surface area contributed by atoms with Crippen LogP contribution in [-0.4, -0.2) is 53.7 Å². The number of carboxylic acid groups (broad SMARTS) is 1. The molecule has 3 unspecified atom stereocenters. The van der Waals surface area contributed by atoms with Crippen LogP contribution in [0.1, 0.15) is 43.7 Å². The van der Waals surface area contributed by atoms with E-state index in [0.29, 0.717) is 19.5 Å². The van der Waals surface area contributed by atoms with E-state index < -0.39 is 18.1 Å². The monoisotopic (exact) mass is 450 g/mol. The van der Waals surface area contributed by atoms with Gasteiger partial charge in [0.05, 0.1) is 6.42 Å². The van der Waals surface area contributed by atoms with Crippen molar-refractivity contribution in [2.45, 2.75) is 38.6 Å². The minimum absolute atomic E-state index is 0.0432. The molecule has 2 aliphatic rings. The van der Waals surface area contributed by atoms with E-state index in [1.807, 2.05) is 38.1 Å². The van der Waals surface area contributed by atoms with Gasteiger partial charge in [-0.3, -0.25) is 9.59 Å². The molecule has 1 fully saturated rings. The topological polar surface area (TPSA) is 95.9 Å². The average molecular weight is 451 g/mol. The highest BCUT2D eigenvalue weighted by Crippen LogP contribution is 2.44. The number of carbonyl (C=O) groups is 3. The van der Waals surface area contributed by atoms with Crippen LogP contribution in [0.5, 0.6) is 0 Å². The highest BCUT2D eigenvalue weighted by molar-refractivity contribution is 5.86. The zero-order chi connectivity index (χ0) is 23.5. The molecule has 1 aliphatic carbocycles. The smallest absolute Gasteiger partial charge is 0.407 e. The van der Waals surface area contributed by atoms with E-state index in [2.05, 4.69) is 29.6 Å². The predicted molar refractivity (Wildman–Crippen MR) is 124 cm³/mol. The summed E-state index contributed by atoms with van der Waals surface area (Å²) in [6.07, 6.45) is -0.148. The van der Waals surface area contributed by atoms with Gasteiger partial charge in [-0.25, -0.2) is 4.79 Å². The van der Waals surface area contributed by atoms with Gasteiger partial charge in [0.1, 0.15) is 12.6 Å². The number of ether oxygens (including phenoxy) is 1. The van der Waals surface area contributed by atoms with Crippen molar-refractivity contribution in [2.75, 3.05) is 19.7 Å². The van der Waals surface area contributed by atoms with Crippen molar-refractivity contribution in [2.24, 2.45) is 11.8 Å². The third kappa shape index (κ3) is 4.72. The van der Waals surface area contributed by atoms with Crippen LogP contribution >= 0.6 is 0 Å². The first-order chi connectivity index (χ1) is 15.9. The highest BCUT2D eigenvalue weighted by Gasteiger charge is 2.36. The summed E-state index contributed by atoms with van der Waals surface area (Å²) < 4.78 is 5.58. The Balaban J connectivity index is 1.37. The third-order valence-electron chi connectivity index (χ3n) is 6.86. The Morgan fingerprint density at radius 2 is 1.67 bits per heavy atom. The molecule has 0 aromatic heterocycles. The van der Waals surface area contributed by atoms with Gasteiger partial charge in [-0.2, -0.15) is 0 Å². The van der Waals surface area contributed by atoms with Crippen molar-refractivity contribution < 1.29 is 24.2 Å². The van der Waals surface area contributed by atoms with Gasteiger partial charge in [-0.15, -0.1) is 0 Å². The number of rotatable bonds is 7. The Hall–Kier alpha value is -3.35. The van der Waals surface area contributed by atoms with Crippen LogP contribution in [0.2, 0.25) is 0 Å². The second kappa shape index (κ2) is 9.65. The molecule has 0 radical (unpaired) electrons.